The molecule has 0 aliphatic carbocycles. The minimum absolute atomic E-state index is 0.136. The second-order valence-corrected chi connectivity index (χ2v) is 6.49. The van der Waals surface area contributed by atoms with Gasteiger partial charge in [0.2, 0.25) is 0 Å². The van der Waals surface area contributed by atoms with Gasteiger partial charge < -0.3 is 9.47 Å². The van der Waals surface area contributed by atoms with Crippen molar-refractivity contribution in [2.75, 3.05) is 6.61 Å². The first-order valence-corrected chi connectivity index (χ1v) is 7.65. The molecule has 0 amide bonds. The zero-order chi connectivity index (χ0) is 15.7. The molecule has 116 valence electrons. The highest BCUT2D eigenvalue weighted by Gasteiger charge is 2.23. The van der Waals surface area contributed by atoms with Gasteiger partial charge in [-0.2, -0.15) is 0 Å². The second-order valence-electron chi connectivity index (χ2n) is 6.49. The van der Waals surface area contributed by atoms with Crippen molar-refractivity contribution < 1.29 is 9.47 Å². The summed E-state index contributed by atoms with van der Waals surface area (Å²) >= 11 is 0. The van der Waals surface area contributed by atoms with Gasteiger partial charge >= 0.3 is 0 Å². The lowest BCUT2D eigenvalue weighted by Crippen LogP contribution is -2.33. The molecule has 0 radical (unpaired) electrons. The van der Waals surface area contributed by atoms with Gasteiger partial charge in [0.1, 0.15) is 0 Å². The van der Waals surface area contributed by atoms with Crippen LogP contribution in [0.1, 0.15) is 46.1 Å². The maximum absolute atomic E-state index is 6.13. The maximum Gasteiger partial charge on any atom is 0.0717 e. The summed E-state index contributed by atoms with van der Waals surface area (Å²) < 4.78 is 12.0. The number of hydrogen-bond acceptors (Lipinski definition) is 2. The molecule has 0 N–H and O–H groups in total. The highest BCUT2D eigenvalue weighted by molar-refractivity contribution is 5.13. The van der Waals surface area contributed by atoms with Crippen molar-refractivity contribution in [3.05, 3.63) is 35.9 Å². The topological polar surface area (TPSA) is 18.5 Å². The fourth-order valence-electron chi connectivity index (χ4n) is 2.18. The van der Waals surface area contributed by atoms with Crippen molar-refractivity contribution in [1.82, 2.24) is 0 Å². The average molecular weight is 288 g/mol. The van der Waals surface area contributed by atoms with Crippen LogP contribution < -0.4 is 0 Å². The van der Waals surface area contributed by atoms with Crippen molar-refractivity contribution in [2.45, 2.75) is 58.8 Å². The summed E-state index contributed by atoms with van der Waals surface area (Å²) in [6.45, 7) is 9.72. The molecule has 2 heteroatoms. The first-order chi connectivity index (χ1) is 9.92. The van der Waals surface area contributed by atoms with Crippen LogP contribution in [0, 0.1) is 18.3 Å². The second kappa shape index (κ2) is 8.87. The van der Waals surface area contributed by atoms with E-state index in [9.17, 15) is 0 Å². The van der Waals surface area contributed by atoms with Crippen LogP contribution in [0.5, 0.6) is 0 Å². The summed E-state index contributed by atoms with van der Waals surface area (Å²) in [5, 5.41) is 0. The summed E-state index contributed by atoms with van der Waals surface area (Å²) in [6.07, 6.45) is 7.13. The summed E-state index contributed by atoms with van der Waals surface area (Å²) in [5.41, 5.74) is 1.04. The van der Waals surface area contributed by atoms with Crippen LogP contribution in [0.3, 0.4) is 0 Å². The Morgan fingerprint density at radius 2 is 1.86 bits per heavy atom. The largest absolute Gasteiger partial charge is 0.376 e. The molecule has 0 aliphatic heterocycles. The van der Waals surface area contributed by atoms with Crippen LogP contribution in [0.4, 0.5) is 0 Å². The highest BCUT2D eigenvalue weighted by atomic mass is 16.5. The zero-order valence-electron chi connectivity index (χ0n) is 13.8. The number of ether oxygens (including phenoxy) is 2. The molecule has 1 aromatic rings. The Labute approximate surface area is 129 Å². The quantitative estimate of drug-likeness (QED) is 0.659. The number of terminal acetylenes is 1. The van der Waals surface area contributed by atoms with Gasteiger partial charge in [-0.15, -0.1) is 12.3 Å². The minimum Gasteiger partial charge on any atom is -0.376 e. The van der Waals surface area contributed by atoms with E-state index < -0.39 is 0 Å². The standard InChI is InChI=1S/C19H28O2/c1-6-7-13-18(21-19(3,4)5)16(2)14-20-15-17-11-9-8-10-12-17/h1,8-12,16,18H,7,13-15H2,2-5H3/t16-,18+/m0/s1. The van der Waals surface area contributed by atoms with E-state index in [1.807, 2.05) is 18.2 Å². The first kappa shape index (κ1) is 17.8. The molecular weight excluding hydrogens is 260 g/mol. The average Bonchev–Trinajstić information content (AvgIpc) is 2.43. The molecule has 0 unspecified atom stereocenters. The predicted molar refractivity (Wildman–Crippen MR) is 88.0 cm³/mol. The van der Waals surface area contributed by atoms with Crippen LogP contribution in [-0.4, -0.2) is 18.3 Å². The van der Waals surface area contributed by atoms with E-state index in [2.05, 4.69) is 45.7 Å². The lowest BCUT2D eigenvalue weighted by molar-refractivity contribution is -0.0984. The van der Waals surface area contributed by atoms with Crippen molar-refractivity contribution in [1.29, 1.82) is 0 Å². The van der Waals surface area contributed by atoms with E-state index in [1.165, 1.54) is 5.56 Å². The molecule has 0 heterocycles. The van der Waals surface area contributed by atoms with Gasteiger partial charge in [-0.1, -0.05) is 37.3 Å². The zero-order valence-corrected chi connectivity index (χ0v) is 13.8. The molecule has 2 nitrogen and oxygen atoms in total. The van der Waals surface area contributed by atoms with E-state index in [0.29, 0.717) is 19.1 Å². The van der Waals surface area contributed by atoms with Crippen LogP contribution in [0.15, 0.2) is 30.3 Å². The third-order valence-electron chi connectivity index (χ3n) is 3.21. The Balaban J connectivity index is 2.44. The van der Waals surface area contributed by atoms with Crippen molar-refractivity contribution >= 4 is 0 Å². The highest BCUT2D eigenvalue weighted by Crippen LogP contribution is 2.21. The third kappa shape index (κ3) is 7.90. The molecule has 0 fully saturated rings. The van der Waals surface area contributed by atoms with Crippen LogP contribution in [0.2, 0.25) is 0 Å². The van der Waals surface area contributed by atoms with Crippen molar-refractivity contribution in [3.63, 3.8) is 0 Å². The molecule has 1 rings (SSSR count). The maximum atomic E-state index is 6.13. The van der Waals surface area contributed by atoms with Gasteiger partial charge in [-0.25, -0.2) is 0 Å². The Bertz CT molecular complexity index is 425. The molecule has 0 aliphatic rings. The number of hydrogen-bond donors (Lipinski definition) is 0. The molecule has 0 saturated heterocycles. The van der Waals surface area contributed by atoms with E-state index in [0.717, 1.165) is 12.8 Å². The van der Waals surface area contributed by atoms with E-state index in [1.54, 1.807) is 0 Å². The smallest absolute Gasteiger partial charge is 0.0717 e. The predicted octanol–water partition coefficient (Wildman–Crippen LogP) is 4.44. The fourth-order valence-corrected chi connectivity index (χ4v) is 2.18. The van der Waals surface area contributed by atoms with Crippen molar-refractivity contribution in [3.8, 4) is 12.3 Å². The van der Waals surface area contributed by atoms with Crippen LogP contribution in [-0.2, 0) is 16.1 Å². The van der Waals surface area contributed by atoms with Crippen molar-refractivity contribution in [2.24, 2.45) is 5.92 Å². The molecule has 0 saturated carbocycles. The monoisotopic (exact) mass is 288 g/mol. The minimum atomic E-state index is -0.160. The van der Waals surface area contributed by atoms with Gasteiger partial charge in [0.05, 0.1) is 24.9 Å². The Morgan fingerprint density at radius 3 is 2.43 bits per heavy atom. The summed E-state index contributed by atoms with van der Waals surface area (Å²) in [6, 6.07) is 10.2. The normalized spacial score (nSPS) is 14.4. The van der Waals surface area contributed by atoms with Gasteiger partial charge in [0, 0.05) is 12.3 Å². The molecule has 0 spiro atoms. The van der Waals surface area contributed by atoms with E-state index >= 15 is 0 Å². The van der Waals surface area contributed by atoms with Crippen LogP contribution in [0.25, 0.3) is 0 Å². The molecule has 21 heavy (non-hydrogen) atoms. The first-order valence-electron chi connectivity index (χ1n) is 7.65. The van der Waals surface area contributed by atoms with Gasteiger partial charge in [-0.05, 0) is 32.8 Å². The Morgan fingerprint density at radius 1 is 1.19 bits per heavy atom. The van der Waals surface area contributed by atoms with E-state index in [-0.39, 0.29) is 11.7 Å². The summed E-state index contributed by atoms with van der Waals surface area (Å²) in [5.74, 6) is 3.02. The Hall–Kier alpha value is -1.30. The van der Waals surface area contributed by atoms with E-state index in [4.69, 9.17) is 15.9 Å². The molecule has 0 bridgehead atoms. The molecular formula is C19H28O2. The molecule has 2 atom stereocenters. The third-order valence-corrected chi connectivity index (χ3v) is 3.21. The Kier molecular flexibility index (Phi) is 7.50. The van der Waals surface area contributed by atoms with Crippen LogP contribution >= 0.6 is 0 Å². The molecule has 1 aromatic carbocycles. The summed E-state index contributed by atoms with van der Waals surface area (Å²) in [4.78, 5) is 0. The SMILES string of the molecule is C#CCC[C@@H](OC(C)(C)C)[C@@H](C)COCc1ccccc1. The lowest BCUT2D eigenvalue weighted by atomic mass is 9.99. The number of rotatable bonds is 8. The fraction of sp³-hybridized carbons (Fsp3) is 0.579. The van der Waals surface area contributed by atoms with Gasteiger partial charge in [0.15, 0.2) is 0 Å². The van der Waals surface area contributed by atoms with Gasteiger partial charge in [0.25, 0.3) is 0 Å². The molecule has 0 aromatic heterocycles. The lowest BCUT2D eigenvalue weighted by Gasteiger charge is -2.31. The van der Waals surface area contributed by atoms with Gasteiger partial charge in [-0.3, -0.25) is 0 Å². The summed E-state index contributed by atoms with van der Waals surface area (Å²) in [7, 11) is 0. The number of benzene rings is 1.